The van der Waals surface area contributed by atoms with Crippen molar-refractivity contribution in [3.05, 3.63) is 0 Å². The lowest BCUT2D eigenvalue weighted by molar-refractivity contribution is -0.121. The van der Waals surface area contributed by atoms with E-state index in [1.54, 1.807) is 0 Å². The minimum Gasteiger partial charge on any atom is -0.356 e. The molecule has 144 valence electrons. The molecule has 0 saturated carbocycles. The van der Waals surface area contributed by atoms with Crippen LogP contribution in [0.3, 0.4) is 0 Å². The predicted octanol–water partition coefficient (Wildman–Crippen LogP) is 5.54. The van der Waals surface area contributed by atoms with Crippen LogP contribution in [0, 0.1) is 0 Å². The molecular formula is C21H44N2O. The second-order valence-electron chi connectivity index (χ2n) is 7.24. The van der Waals surface area contributed by atoms with E-state index in [0.717, 1.165) is 32.5 Å². The van der Waals surface area contributed by atoms with Gasteiger partial charge in [-0.15, -0.1) is 0 Å². The average Bonchev–Trinajstić information content (AvgIpc) is 2.59. The maximum absolute atomic E-state index is 11.7. The van der Waals surface area contributed by atoms with Crippen LogP contribution in [0.15, 0.2) is 0 Å². The lowest BCUT2D eigenvalue weighted by Crippen LogP contribution is -2.25. The van der Waals surface area contributed by atoms with Gasteiger partial charge >= 0.3 is 0 Å². The summed E-state index contributed by atoms with van der Waals surface area (Å²) in [6.45, 7) is 7.52. The maximum atomic E-state index is 11.7. The summed E-state index contributed by atoms with van der Waals surface area (Å²) in [4.78, 5) is 14.0. The van der Waals surface area contributed by atoms with Gasteiger partial charge in [-0.2, -0.15) is 0 Å². The standard InChI is InChI=1S/C21H44N2O/c1-4-6-7-8-9-10-11-12-13-14-15-18-21(24)22-19-16-17-20-23(3)5-2/h4-20H2,1-3H3,(H,22,24). The predicted molar refractivity (Wildman–Crippen MR) is 106 cm³/mol. The van der Waals surface area contributed by atoms with Gasteiger partial charge in [0.25, 0.3) is 0 Å². The van der Waals surface area contributed by atoms with Crippen LogP contribution < -0.4 is 5.32 Å². The fourth-order valence-corrected chi connectivity index (χ4v) is 2.93. The normalized spacial score (nSPS) is 11.2. The highest BCUT2D eigenvalue weighted by atomic mass is 16.1. The molecule has 0 aromatic heterocycles. The van der Waals surface area contributed by atoms with Gasteiger partial charge in [-0.1, -0.05) is 78.1 Å². The Morgan fingerprint density at radius 3 is 1.83 bits per heavy atom. The molecule has 0 fully saturated rings. The van der Waals surface area contributed by atoms with Crippen molar-refractivity contribution in [1.82, 2.24) is 10.2 Å². The molecule has 0 aliphatic rings. The van der Waals surface area contributed by atoms with Gasteiger partial charge < -0.3 is 10.2 Å². The molecule has 1 N–H and O–H groups in total. The van der Waals surface area contributed by atoms with Gasteiger partial charge in [0.2, 0.25) is 5.91 Å². The molecule has 0 spiro atoms. The summed E-state index contributed by atoms with van der Waals surface area (Å²) in [5.74, 6) is 0.245. The average molecular weight is 341 g/mol. The topological polar surface area (TPSA) is 32.3 Å². The Labute approximate surface area is 152 Å². The molecule has 0 radical (unpaired) electrons. The molecule has 0 bridgehead atoms. The van der Waals surface area contributed by atoms with Gasteiger partial charge in [0.05, 0.1) is 0 Å². The first kappa shape index (κ1) is 23.4. The van der Waals surface area contributed by atoms with Crippen LogP contribution in [-0.2, 0) is 4.79 Å². The van der Waals surface area contributed by atoms with Gasteiger partial charge in [-0.05, 0) is 39.4 Å². The Morgan fingerprint density at radius 1 is 0.750 bits per heavy atom. The van der Waals surface area contributed by atoms with Gasteiger partial charge in [0, 0.05) is 13.0 Å². The highest BCUT2D eigenvalue weighted by Gasteiger charge is 2.01. The highest BCUT2D eigenvalue weighted by Crippen LogP contribution is 2.11. The van der Waals surface area contributed by atoms with Crippen LogP contribution in [0.1, 0.15) is 104 Å². The first-order valence-electron chi connectivity index (χ1n) is 10.7. The molecule has 0 aliphatic carbocycles. The zero-order valence-electron chi connectivity index (χ0n) is 16.9. The minimum atomic E-state index is 0.245. The number of hydrogen-bond donors (Lipinski definition) is 1. The lowest BCUT2D eigenvalue weighted by atomic mass is 10.1. The van der Waals surface area contributed by atoms with E-state index in [1.807, 2.05) is 0 Å². The van der Waals surface area contributed by atoms with Crippen LogP contribution in [0.4, 0.5) is 0 Å². The number of nitrogens with one attached hydrogen (secondary N) is 1. The van der Waals surface area contributed by atoms with Crippen molar-refractivity contribution in [2.75, 3.05) is 26.7 Å². The van der Waals surface area contributed by atoms with Crippen LogP contribution in [0.2, 0.25) is 0 Å². The second kappa shape index (κ2) is 18.8. The number of unbranched alkanes of at least 4 members (excludes halogenated alkanes) is 11. The van der Waals surface area contributed by atoms with Gasteiger partial charge in [0.15, 0.2) is 0 Å². The SMILES string of the molecule is CCCCCCCCCCCCCC(=O)NCCCCN(C)CC. The quantitative estimate of drug-likeness (QED) is 0.332. The van der Waals surface area contributed by atoms with Crippen LogP contribution in [0.25, 0.3) is 0 Å². The van der Waals surface area contributed by atoms with Crippen LogP contribution in [0.5, 0.6) is 0 Å². The molecule has 0 aromatic rings. The van der Waals surface area contributed by atoms with Crippen molar-refractivity contribution in [3.63, 3.8) is 0 Å². The third-order valence-electron chi connectivity index (χ3n) is 4.84. The molecule has 0 heterocycles. The number of rotatable bonds is 18. The molecule has 0 aromatic carbocycles. The molecule has 1 amide bonds. The third kappa shape index (κ3) is 17.8. The van der Waals surface area contributed by atoms with E-state index in [-0.39, 0.29) is 5.91 Å². The van der Waals surface area contributed by atoms with Gasteiger partial charge in [-0.25, -0.2) is 0 Å². The van der Waals surface area contributed by atoms with E-state index >= 15 is 0 Å². The Kier molecular flexibility index (Phi) is 18.3. The first-order valence-corrected chi connectivity index (χ1v) is 10.7. The number of amides is 1. The summed E-state index contributed by atoms with van der Waals surface area (Å²) in [7, 11) is 2.14. The summed E-state index contributed by atoms with van der Waals surface area (Å²) in [6.07, 6.45) is 17.7. The Morgan fingerprint density at radius 2 is 1.29 bits per heavy atom. The Hall–Kier alpha value is -0.570. The molecule has 24 heavy (non-hydrogen) atoms. The van der Waals surface area contributed by atoms with E-state index in [0.29, 0.717) is 6.42 Å². The monoisotopic (exact) mass is 340 g/mol. The highest BCUT2D eigenvalue weighted by molar-refractivity contribution is 5.75. The number of nitrogens with zero attached hydrogens (tertiary/aromatic N) is 1. The number of carbonyl (C=O) groups is 1. The minimum absolute atomic E-state index is 0.245. The molecule has 0 saturated heterocycles. The van der Waals surface area contributed by atoms with Crippen molar-refractivity contribution < 1.29 is 4.79 Å². The number of carbonyl (C=O) groups excluding carboxylic acids is 1. The molecule has 0 unspecified atom stereocenters. The summed E-state index contributed by atoms with van der Waals surface area (Å²) in [5, 5.41) is 3.05. The van der Waals surface area contributed by atoms with E-state index in [9.17, 15) is 4.79 Å². The molecular weight excluding hydrogens is 296 g/mol. The van der Waals surface area contributed by atoms with E-state index in [1.165, 1.54) is 70.6 Å². The van der Waals surface area contributed by atoms with Crippen molar-refractivity contribution in [2.24, 2.45) is 0 Å². The maximum Gasteiger partial charge on any atom is 0.219 e. The molecule has 0 rings (SSSR count). The molecule has 0 atom stereocenters. The van der Waals surface area contributed by atoms with Crippen molar-refractivity contribution >= 4 is 5.91 Å². The zero-order valence-corrected chi connectivity index (χ0v) is 16.9. The molecule has 0 aliphatic heterocycles. The van der Waals surface area contributed by atoms with Crippen molar-refractivity contribution in [2.45, 2.75) is 104 Å². The summed E-state index contributed by atoms with van der Waals surface area (Å²) >= 11 is 0. The summed E-state index contributed by atoms with van der Waals surface area (Å²) in [6, 6.07) is 0. The third-order valence-corrected chi connectivity index (χ3v) is 4.84. The number of hydrogen-bond acceptors (Lipinski definition) is 2. The Bertz CT molecular complexity index is 269. The summed E-state index contributed by atoms with van der Waals surface area (Å²) < 4.78 is 0. The first-order chi connectivity index (χ1) is 11.7. The fourth-order valence-electron chi connectivity index (χ4n) is 2.93. The van der Waals surface area contributed by atoms with Crippen LogP contribution in [-0.4, -0.2) is 37.5 Å². The largest absolute Gasteiger partial charge is 0.356 e. The van der Waals surface area contributed by atoms with E-state index in [4.69, 9.17) is 0 Å². The molecule has 3 heteroatoms. The smallest absolute Gasteiger partial charge is 0.219 e. The van der Waals surface area contributed by atoms with Crippen molar-refractivity contribution in [3.8, 4) is 0 Å². The second-order valence-corrected chi connectivity index (χ2v) is 7.24. The van der Waals surface area contributed by atoms with Gasteiger partial charge in [-0.3, -0.25) is 4.79 Å². The summed E-state index contributed by atoms with van der Waals surface area (Å²) in [5.41, 5.74) is 0. The van der Waals surface area contributed by atoms with Crippen molar-refractivity contribution in [1.29, 1.82) is 0 Å². The van der Waals surface area contributed by atoms with Gasteiger partial charge in [0.1, 0.15) is 0 Å². The van der Waals surface area contributed by atoms with E-state index in [2.05, 4.69) is 31.1 Å². The van der Waals surface area contributed by atoms with E-state index < -0.39 is 0 Å². The zero-order chi connectivity index (χ0) is 17.9. The molecule has 3 nitrogen and oxygen atoms in total. The Balaban J connectivity index is 3.18. The lowest BCUT2D eigenvalue weighted by Gasteiger charge is -2.13. The van der Waals surface area contributed by atoms with Crippen LogP contribution >= 0.6 is 0 Å². The fraction of sp³-hybridized carbons (Fsp3) is 0.952.